The highest BCUT2D eigenvalue weighted by Gasteiger charge is 2.54. The van der Waals surface area contributed by atoms with Crippen LogP contribution in [-0.2, 0) is 16.2 Å². The molecular weight excluding hydrogens is 747 g/mol. The van der Waals surface area contributed by atoms with Crippen LogP contribution in [0.15, 0.2) is 156 Å². The summed E-state index contributed by atoms with van der Waals surface area (Å²) in [6, 6.07) is 53.6. The van der Waals surface area contributed by atoms with Gasteiger partial charge in [-0.1, -0.05) is 139 Å². The largest absolute Gasteiger partial charge is 0.507 e. The van der Waals surface area contributed by atoms with E-state index in [1.165, 1.54) is 33.4 Å². The number of anilines is 3. The van der Waals surface area contributed by atoms with E-state index in [0.717, 1.165) is 78.5 Å². The number of furan rings is 1. The molecule has 0 saturated carbocycles. The molecule has 2 aliphatic rings. The zero-order valence-corrected chi connectivity index (χ0v) is 35.6. The number of hydrogen-bond donors (Lipinski definition) is 1. The van der Waals surface area contributed by atoms with Gasteiger partial charge in [0.05, 0.1) is 27.9 Å². The molecule has 3 heterocycles. The molecule has 5 heteroatoms. The van der Waals surface area contributed by atoms with Crippen molar-refractivity contribution in [1.82, 2.24) is 9.97 Å². The second-order valence-corrected chi connectivity index (χ2v) is 18.8. The number of nitrogens with zero attached hydrogens (tertiary/aromatic N) is 3. The second kappa shape index (κ2) is 13.0. The third-order valence-electron chi connectivity index (χ3n) is 13.0. The number of phenols is 1. The summed E-state index contributed by atoms with van der Waals surface area (Å²) in [6.45, 7) is 15.7. The lowest BCUT2D eigenvalue weighted by molar-refractivity contribution is 0.476. The van der Waals surface area contributed by atoms with Crippen LogP contribution < -0.4 is 4.90 Å². The molecule has 0 saturated heterocycles. The van der Waals surface area contributed by atoms with E-state index in [1.807, 2.05) is 37.3 Å². The summed E-state index contributed by atoms with van der Waals surface area (Å²) in [5.74, 6) is 0.943. The standard InChI is InChI=1S/C56H47N3O2/c1-33-14-10-19-45(57-33)34-15-11-16-37(30-34)59(46-20-13-23-49-51(46)40-17-8-9-22-48(40)61-49)50-29-28-42-53(58-50)52-41(18-12-21-47(52)60)56(42)43-31-35(54(2,3)4)24-26-38(43)39-27-25-36(32-44(39)56)55(5,6)7/h8-32,60H,1-7H3. The van der Waals surface area contributed by atoms with Crippen molar-refractivity contribution in [2.75, 3.05) is 4.90 Å². The van der Waals surface area contributed by atoms with Gasteiger partial charge in [-0.25, -0.2) is 4.98 Å². The maximum Gasteiger partial charge on any atom is 0.138 e. The fourth-order valence-corrected chi connectivity index (χ4v) is 10.00. The number of hydrogen-bond acceptors (Lipinski definition) is 5. The first-order valence-corrected chi connectivity index (χ1v) is 21.2. The first kappa shape index (κ1) is 37.1. The summed E-state index contributed by atoms with van der Waals surface area (Å²) < 4.78 is 6.46. The molecule has 0 atom stereocenters. The monoisotopic (exact) mass is 793 g/mol. The van der Waals surface area contributed by atoms with Crippen LogP contribution in [0, 0.1) is 6.92 Å². The average Bonchev–Trinajstić information content (AvgIpc) is 3.87. The maximum atomic E-state index is 12.1. The average molecular weight is 794 g/mol. The first-order valence-electron chi connectivity index (χ1n) is 21.2. The van der Waals surface area contributed by atoms with Gasteiger partial charge in [0.2, 0.25) is 0 Å². The Morgan fingerprint density at radius 1 is 0.574 bits per heavy atom. The smallest absolute Gasteiger partial charge is 0.138 e. The number of fused-ring (bicyclic) bond motifs is 13. The Kier molecular flexibility index (Phi) is 7.90. The van der Waals surface area contributed by atoms with Gasteiger partial charge in [0.15, 0.2) is 0 Å². The summed E-state index contributed by atoms with van der Waals surface area (Å²) in [7, 11) is 0. The topological polar surface area (TPSA) is 62.4 Å². The van der Waals surface area contributed by atoms with Crippen molar-refractivity contribution in [3.8, 4) is 39.4 Å². The first-order chi connectivity index (χ1) is 29.3. The predicted molar refractivity (Wildman–Crippen MR) is 250 cm³/mol. The summed E-state index contributed by atoms with van der Waals surface area (Å²) in [6.07, 6.45) is 0. The molecule has 1 N–H and O–H groups in total. The molecular formula is C56H47N3O2. The Hall–Kier alpha value is -6.98. The van der Waals surface area contributed by atoms with Crippen LogP contribution in [0.4, 0.5) is 17.2 Å². The quantitative estimate of drug-likeness (QED) is 0.192. The van der Waals surface area contributed by atoms with Crippen LogP contribution in [0.1, 0.15) is 80.6 Å². The molecule has 11 rings (SSSR count). The fourth-order valence-electron chi connectivity index (χ4n) is 10.00. The Bertz CT molecular complexity index is 3200. The van der Waals surface area contributed by atoms with Crippen molar-refractivity contribution in [3.05, 3.63) is 191 Å². The minimum Gasteiger partial charge on any atom is -0.507 e. The highest BCUT2D eigenvalue weighted by molar-refractivity contribution is 6.13. The maximum absolute atomic E-state index is 12.1. The highest BCUT2D eigenvalue weighted by atomic mass is 16.3. The van der Waals surface area contributed by atoms with E-state index < -0.39 is 5.41 Å². The summed E-state index contributed by atoms with van der Waals surface area (Å²) >= 11 is 0. The van der Waals surface area contributed by atoms with Crippen LogP contribution >= 0.6 is 0 Å². The van der Waals surface area contributed by atoms with Gasteiger partial charge in [-0.05, 0) is 117 Å². The van der Waals surface area contributed by atoms with Gasteiger partial charge in [0.25, 0.3) is 0 Å². The number of aryl methyl sites for hydroxylation is 1. The Balaban J connectivity index is 1.22. The van der Waals surface area contributed by atoms with E-state index in [2.05, 4.69) is 162 Å². The van der Waals surface area contributed by atoms with E-state index >= 15 is 0 Å². The van der Waals surface area contributed by atoms with Crippen LogP contribution in [0.5, 0.6) is 5.75 Å². The van der Waals surface area contributed by atoms with E-state index in [0.29, 0.717) is 0 Å². The number of benzene rings is 6. The van der Waals surface area contributed by atoms with Gasteiger partial charge in [-0.15, -0.1) is 0 Å². The lowest BCUT2D eigenvalue weighted by Crippen LogP contribution is -2.27. The Morgan fingerprint density at radius 3 is 1.97 bits per heavy atom. The molecule has 0 radical (unpaired) electrons. The van der Waals surface area contributed by atoms with Gasteiger partial charge in [0.1, 0.15) is 22.7 Å². The summed E-state index contributed by atoms with van der Waals surface area (Å²) in [5.41, 5.74) is 16.6. The van der Waals surface area contributed by atoms with Gasteiger partial charge >= 0.3 is 0 Å². The van der Waals surface area contributed by atoms with Crippen LogP contribution in [0.25, 0.3) is 55.6 Å². The van der Waals surface area contributed by atoms with Crippen molar-refractivity contribution in [3.63, 3.8) is 0 Å². The molecule has 298 valence electrons. The van der Waals surface area contributed by atoms with Gasteiger partial charge in [-0.2, -0.15) is 0 Å². The minimum absolute atomic E-state index is 0.0754. The van der Waals surface area contributed by atoms with Crippen LogP contribution in [0.2, 0.25) is 0 Å². The molecule has 3 aromatic heterocycles. The van der Waals surface area contributed by atoms with Crippen molar-refractivity contribution < 1.29 is 9.52 Å². The second-order valence-electron chi connectivity index (χ2n) is 18.8. The van der Waals surface area contributed by atoms with E-state index in [4.69, 9.17) is 14.4 Å². The Morgan fingerprint density at radius 2 is 1.25 bits per heavy atom. The molecule has 0 fully saturated rings. The van der Waals surface area contributed by atoms with E-state index in [1.54, 1.807) is 6.07 Å². The molecule has 1 spiro atoms. The van der Waals surface area contributed by atoms with Crippen molar-refractivity contribution in [1.29, 1.82) is 0 Å². The van der Waals surface area contributed by atoms with Gasteiger partial charge in [-0.3, -0.25) is 9.88 Å². The van der Waals surface area contributed by atoms with E-state index in [-0.39, 0.29) is 16.6 Å². The molecule has 9 aromatic rings. The zero-order chi connectivity index (χ0) is 42.0. The van der Waals surface area contributed by atoms with Gasteiger partial charge < -0.3 is 9.52 Å². The molecule has 6 aromatic carbocycles. The third kappa shape index (κ3) is 5.46. The SMILES string of the molecule is Cc1cccc(-c2cccc(N(c3ccc4c(n3)-c3c(O)cccc3C43c4cc(C(C)(C)C)ccc4-c4ccc(C(C)(C)C)cc43)c3cccc4oc5ccccc5c34)c2)n1. The number of pyridine rings is 2. The number of rotatable bonds is 4. The number of aromatic nitrogens is 2. The highest BCUT2D eigenvalue weighted by Crippen LogP contribution is 2.65. The summed E-state index contributed by atoms with van der Waals surface area (Å²) in [4.78, 5) is 12.9. The fraction of sp³-hybridized carbons (Fsp3) is 0.179. The molecule has 2 aliphatic carbocycles. The van der Waals surface area contributed by atoms with Crippen molar-refractivity contribution in [2.45, 2.75) is 64.7 Å². The van der Waals surface area contributed by atoms with Crippen molar-refractivity contribution >= 4 is 39.1 Å². The Labute approximate surface area is 357 Å². The minimum atomic E-state index is -0.704. The van der Waals surface area contributed by atoms with E-state index in [9.17, 15) is 5.11 Å². The molecule has 0 amide bonds. The van der Waals surface area contributed by atoms with Crippen LogP contribution in [0.3, 0.4) is 0 Å². The number of para-hydroxylation sites is 1. The number of phenolic OH excluding ortho intramolecular Hbond substituents is 1. The normalized spacial score (nSPS) is 13.7. The zero-order valence-electron chi connectivity index (χ0n) is 35.6. The third-order valence-corrected chi connectivity index (χ3v) is 13.0. The molecule has 61 heavy (non-hydrogen) atoms. The van der Waals surface area contributed by atoms with Crippen LogP contribution in [-0.4, -0.2) is 15.1 Å². The lowest BCUT2D eigenvalue weighted by atomic mass is 9.69. The molecule has 0 bridgehead atoms. The molecule has 5 nitrogen and oxygen atoms in total. The predicted octanol–water partition coefficient (Wildman–Crippen LogP) is 14.5. The number of aromatic hydroxyl groups is 1. The molecule has 0 aliphatic heterocycles. The lowest BCUT2D eigenvalue weighted by Gasteiger charge is -2.33. The van der Waals surface area contributed by atoms with Gasteiger partial charge in [0, 0.05) is 27.9 Å². The van der Waals surface area contributed by atoms with Crippen molar-refractivity contribution in [2.24, 2.45) is 0 Å². The summed E-state index contributed by atoms with van der Waals surface area (Å²) in [5, 5.41) is 14.1. The molecule has 0 unspecified atom stereocenters.